The van der Waals surface area contributed by atoms with Crippen LogP contribution >= 0.6 is 0 Å². The molecule has 2 aromatic carbocycles. The van der Waals surface area contributed by atoms with E-state index in [2.05, 4.69) is 10.4 Å². The van der Waals surface area contributed by atoms with Crippen LogP contribution in [0.15, 0.2) is 60.8 Å². The summed E-state index contributed by atoms with van der Waals surface area (Å²) in [5, 5.41) is 6.87. The van der Waals surface area contributed by atoms with Crippen LogP contribution in [0, 0.1) is 6.92 Å². The fraction of sp³-hybridized carbons (Fsp3) is 0.158. The highest BCUT2D eigenvalue weighted by Crippen LogP contribution is 2.21. The molecule has 0 unspecified atom stereocenters. The molecule has 0 aliphatic rings. The number of carbonyl (C=O) groups is 1. The van der Waals surface area contributed by atoms with Crippen molar-refractivity contribution < 1.29 is 9.53 Å². The second kappa shape index (κ2) is 7.00. The van der Waals surface area contributed by atoms with E-state index >= 15 is 0 Å². The van der Waals surface area contributed by atoms with Gasteiger partial charge in [0.15, 0.2) is 0 Å². The largest absolute Gasteiger partial charge is 0.457 e. The average molecular weight is 321 g/mol. The van der Waals surface area contributed by atoms with Gasteiger partial charge < -0.3 is 10.1 Å². The third kappa shape index (κ3) is 3.81. The second-order valence-corrected chi connectivity index (χ2v) is 5.58. The molecular formula is C19H19N3O2. The number of aryl methyl sites for hydroxylation is 2. The lowest BCUT2D eigenvalue weighted by Crippen LogP contribution is -2.25. The topological polar surface area (TPSA) is 56.1 Å². The van der Waals surface area contributed by atoms with E-state index in [1.54, 1.807) is 24.0 Å². The monoisotopic (exact) mass is 321 g/mol. The van der Waals surface area contributed by atoms with Crippen molar-refractivity contribution in [2.24, 2.45) is 7.05 Å². The van der Waals surface area contributed by atoms with Crippen LogP contribution in [0.5, 0.6) is 11.5 Å². The Morgan fingerprint density at radius 3 is 2.25 bits per heavy atom. The molecule has 0 bridgehead atoms. The SMILES string of the molecule is Cc1ccc(Oc2ccc(CNC(=O)c3ccnn3C)cc2)cc1. The number of hydrogen-bond donors (Lipinski definition) is 1. The van der Waals surface area contributed by atoms with Gasteiger partial charge in [-0.25, -0.2) is 0 Å². The van der Waals surface area contributed by atoms with Gasteiger partial charge in [0.25, 0.3) is 5.91 Å². The zero-order chi connectivity index (χ0) is 16.9. The van der Waals surface area contributed by atoms with E-state index in [0.717, 1.165) is 17.1 Å². The van der Waals surface area contributed by atoms with Crippen molar-refractivity contribution in [3.63, 3.8) is 0 Å². The molecule has 0 saturated heterocycles. The minimum absolute atomic E-state index is 0.144. The van der Waals surface area contributed by atoms with E-state index in [0.29, 0.717) is 12.2 Å². The number of hydrogen-bond acceptors (Lipinski definition) is 3. The Bertz CT molecular complexity index is 821. The highest BCUT2D eigenvalue weighted by atomic mass is 16.5. The predicted molar refractivity (Wildman–Crippen MR) is 92.1 cm³/mol. The number of aromatic nitrogens is 2. The lowest BCUT2D eigenvalue weighted by Gasteiger charge is -2.08. The highest BCUT2D eigenvalue weighted by Gasteiger charge is 2.09. The van der Waals surface area contributed by atoms with Crippen molar-refractivity contribution in [2.45, 2.75) is 13.5 Å². The molecule has 0 spiro atoms. The van der Waals surface area contributed by atoms with Crippen LogP contribution in [-0.2, 0) is 13.6 Å². The summed E-state index contributed by atoms with van der Waals surface area (Å²) in [5.74, 6) is 1.42. The van der Waals surface area contributed by atoms with Crippen molar-refractivity contribution in [1.82, 2.24) is 15.1 Å². The number of benzene rings is 2. The summed E-state index contributed by atoms with van der Waals surface area (Å²) in [6.07, 6.45) is 1.60. The van der Waals surface area contributed by atoms with E-state index in [9.17, 15) is 4.79 Å². The van der Waals surface area contributed by atoms with Crippen LogP contribution < -0.4 is 10.1 Å². The molecule has 3 aromatic rings. The van der Waals surface area contributed by atoms with Crippen LogP contribution in [0.25, 0.3) is 0 Å². The maximum Gasteiger partial charge on any atom is 0.269 e. The smallest absolute Gasteiger partial charge is 0.269 e. The van der Waals surface area contributed by atoms with E-state index < -0.39 is 0 Å². The Morgan fingerprint density at radius 2 is 1.67 bits per heavy atom. The number of amides is 1. The zero-order valence-electron chi connectivity index (χ0n) is 13.7. The first-order valence-corrected chi connectivity index (χ1v) is 7.71. The maximum atomic E-state index is 12.0. The molecule has 3 rings (SSSR count). The molecule has 0 radical (unpaired) electrons. The molecule has 122 valence electrons. The lowest BCUT2D eigenvalue weighted by molar-refractivity contribution is 0.0941. The van der Waals surface area contributed by atoms with Crippen molar-refractivity contribution in [3.8, 4) is 11.5 Å². The first-order valence-electron chi connectivity index (χ1n) is 7.71. The number of ether oxygens (including phenoxy) is 1. The molecule has 0 fully saturated rings. The summed E-state index contributed by atoms with van der Waals surface area (Å²) < 4.78 is 7.34. The van der Waals surface area contributed by atoms with Crippen LogP contribution in [0.2, 0.25) is 0 Å². The normalized spacial score (nSPS) is 10.4. The lowest BCUT2D eigenvalue weighted by atomic mass is 10.2. The molecule has 1 aromatic heterocycles. The van der Waals surface area contributed by atoms with Gasteiger partial charge in [-0.2, -0.15) is 5.10 Å². The van der Waals surface area contributed by atoms with E-state index in [1.165, 1.54) is 5.56 Å². The molecule has 24 heavy (non-hydrogen) atoms. The molecule has 5 heteroatoms. The summed E-state index contributed by atoms with van der Waals surface area (Å²) in [4.78, 5) is 12.0. The average Bonchev–Trinajstić information content (AvgIpc) is 3.02. The quantitative estimate of drug-likeness (QED) is 0.783. The third-order valence-electron chi connectivity index (χ3n) is 3.69. The van der Waals surface area contributed by atoms with Crippen LogP contribution in [0.1, 0.15) is 21.6 Å². The number of nitrogens with zero attached hydrogens (tertiary/aromatic N) is 2. The molecule has 0 atom stereocenters. The second-order valence-electron chi connectivity index (χ2n) is 5.58. The first-order chi connectivity index (χ1) is 11.6. The fourth-order valence-electron chi connectivity index (χ4n) is 2.29. The van der Waals surface area contributed by atoms with Crippen LogP contribution in [-0.4, -0.2) is 15.7 Å². The summed E-state index contributed by atoms with van der Waals surface area (Å²) >= 11 is 0. The van der Waals surface area contributed by atoms with Crippen molar-refractivity contribution in [1.29, 1.82) is 0 Å². The summed E-state index contributed by atoms with van der Waals surface area (Å²) in [7, 11) is 1.74. The Balaban J connectivity index is 1.57. The molecule has 1 heterocycles. The van der Waals surface area contributed by atoms with Crippen LogP contribution in [0.4, 0.5) is 0 Å². The minimum Gasteiger partial charge on any atom is -0.457 e. The van der Waals surface area contributed by atoms with Gasteiger partial charge >= 0.3 is 0 Å². The molecule has 0 aliphatic heterocycles. The van der Waals surface area contributed by atoms with Gasteiger partial charge in [-0.3, -0.25) is 9.48 Å². The number of carbonyl (C=O) groups excluding carboxylic acids is 1. The Hall–Kier alpha value is -3.08. The first kappa shape index (κ1) is 15.8. The van der Waals surface area contributed by atoms with Gasteiger partial charge in [0.2, 0.25) is 0 Å². The Morgan fingerprint density at radius 1 is 1.04 bits per heavy atom. The van der Waals surface area contributed by atoms with E-state index in [1.807, 2.05) is 55.5 Å². The number of rotatable bonds is 5. The van der Waals surface area contributed by atoms with Gasteiger partial charge in [0.05, 0.1) is 0 Å². The van der Waals surface area contributed by atoms with Crippen molar-refractivity contribution in [3.05, 3.63) is 77.6 Å². The van der Waals surface area contributed by atoms with Gasteiger partial charge in [0, 0.05) is 19.8 Å². The molecule has 1 N–H and O–H groups in total. The predicted octanol–water partition coefficient (Wildman–Crippen LogP) is 3.45. The summed E-state index contributed by atoms with van der Waals surface area (Å²) in [6.45, 7) is 2.49. The molecule has 5 nitrogen and oxygen atoms in total. The third-order valence-corrected chi connectivity index (χ3v) is 3.69. The summed E-state index contributed by atoms with van der Waals surface area (Å²) in [5.41, 5.74) is 2.73. The molecule has 0 saturated carbocycles. The highest BCUT2D eigenvalue weighted by molar-refractivity contribution is 5.92. The van der Waals surface area contributed by atoms with Crippen molar-refractivity contribution >= 4 is 5.91 Å². The standard InChI is InChI=1S/C19H19N3O2/c1-14-3-7-16(8-4-14)24-17-9-5-15(6-10-17)13-20-19(23)18-11-12-21-22(18)2/h3-12H,13H2,1-2H3,(H,20,23). The van der Waals surface area contributed by atoms with Gasteiger partial charge in [0.1, 0.15) is 17.2 Å². The zero-order valence-corrected chi connectivity index (χ0v) is 13.7. The van der Waals surface area contributed by atoms with E-state index in [-0.39, 0.29) is 5.91 Å². The minimum atomic E-state index is -0.144. The summed E-state index contributed by atoms with van der Waals surface area (Å²) in [6, 6.07) is 17.3. The van der Waals surface area contributed by atoms with Gasteiger partial charge in [-0.05, 0) is 42.8 Å². The van der Waals surface area contributed by atoms with Crippen LogP contribution in [0.3, 0.4) is 0 Å². The Labute approximate surface area is 140 Å². The fourth-order valence-corrected chi connectivity index (χ4v) is 2.29. The van der Waals surface area contributed by atoms with Gasteiger partial charge in [-0.15, -0.1) is 0 Å². The Kier molecular flexibility index (Phi) is 4.61. The van der Waals surface area contributed by atoms with E-state index in [4.69, 9.17) is 4.74 Å². The van der Waals surface area contributed by atoms with Crippen molar-refractivity contribution in [2.75, 3.05) is 0 Å². The maximum absolute atomic E-state index is 12.0. The molecule has 1 amide bonds. The molecule has 0 aliphatic carbocycles. The molecular weight excluding hydrogens is 302 g/mol. The van der Waals surface area contributed by atoms with Gasteiger partial charge in [-0.1, -0.05) is 29.8 Å². The number of nitrogens with one attached hydrogen (secondary N) is 1.